The third-order valence-electron chi connectivity index (χ3n) is 7.71. The molecule has 214 valence electrons. The van der Waals surface area contributed by atoms with Crippen molar-refractivity contribution in [2.45, 2.75) is 38.3 Å². The predicted molar refractivity (Wildman–Crippen MR) is 156 cm³/mol. The number of benzene rings is 1. The molecule has 2 aromatic heterocycles. The minimum absolute atomic E-state index is 0.00872. The van der Waals surface area contributed by atoms with Crippen molar-refractivity contribution in [1.82, 2.24) is 14.5 Å². The summed E-state index contributed by atoms with van der Waals surface area (Å²) in [6.07, 6.45) is 5.19. The van der Waals surface area contributed by atoms with Gasteiger partial charge in [-0.1, -0.05) is 23.2 Å². The Morgan fingerprint density at radius 2 is 2.02 bits per heavy atom. The Labute approximate surface area is 243 Å². The van der Waals surface area contributed by atoms with Crippen LogP contribution in [0.3, 0.4) is 0 Å². The van der Waals surface area contributed by atoms with E-state index in [0.29, 0.717) is 34.5 Å². The van der Waals surface area contributed by atoms with Crippen molar-refractivity contribution < 1.29 is 19.0 Å². The molecule has 4 heterocycles. The second kappa shape index (κ2) is 11.9. The molecule has 0 bridgehead atoms. The van der Waals surface area contributed by atoms with Crippen molar-refractivity contribution in [2.75, 3.05) is 58.0 Å². The first kappa shape index (κ1) is 28.7. The second-order valence-electron chi connectivity index (χ2n) is 10.6. The van der Waals surface area contributed by atoms with Crippen LogP contribution in [-0.4, -0.2) is 79.6 Å². The van der Waals surface area contributed by atoms with Gasteiger partial charge in [-0.2, -0.15) is 0 Å². The number of carbonyl (C=O) groups excluding carboxylic acids is 1. The lowest BCUT2D eigenvalue weighted by Gasteiger charge is -2.50. The molecule has 2 aliphatic heterocycles. The number of ether oxygens (including phenoxy) is 3. The molecular weight excluding hydrogens is 555 g/mol. The van der Waals surface area contributed by atoms with Crippen LogP contribution in [0.5, 0.6) is 5.88 Å². The van der Waals surface area contributed by atoms with Crippen LogP contribution < -0.4 is 15.1 Å². The van der Waals surface area contributed by atoms with Crippen molar-refractivity contribution in [1.29, 1.82) is 0 Å². The van der Waals surface area contributed by atoms with Crippen LogP contribution in [0.25, 0.3) is 10.9 Å². The molecule has 1 aromatic carbocycles. The van der Waals surface area contributed by atoms with E-state index in [2.05, 4.69) is 21.7 Å². The summed E-state index contributed by atoms with van der Waals surface area (Å²) in [5.74, 6) is -0.232. The molecule has 0 spiro atoms. The number of esters is 1. The van der Waals surface area contributed by atoms with Gasteiger partial charge in [-0.25, -0.2) is 9.78 Å². The zero-order chi connectivity index (χ0) is 28.4. The number of methoxy groups -OCH3 is 1. The zero-order valence-corrected chi connectivity index (χ0v) is 24.5. The summed E-state index contributed by atoms with van der Waals surface area (Å²) in [7, 11) is 1.69. The Morgan fingerprint density at radius 3 is 2.75 bits per heavy atom. The standard InChI is InChI=1S/C29H34Cl2N4O5/c1-4-39-28(37)21-15-35(29(2)17-33(18-29)11-12-38-3)24-14-25(23(31)13-20(24)26(21)36)34-10-6-7-19(34)16-40-27-22(30)8-5-9-32-27/h5,8-9,13-15,19H,4,6-7,10-12,16-18H2,1-3H3/t19-/m1/s1. The van der Waals surface area contributed by atoms with Crippen molar-refractivity contribution in [3.8, 4) is 5.88 Å². The summed E-state index contributed by atoms with van der Waals surface area (Å²) >= 11 is 13.1. The average Bonchev–Trinajstić information content (AvgIpc) is 3.38. The van der Waals surface area contributed by atoms with E-state index in [1.807, 2.05) is 10.6 Å². The van der Waals surface area contributed by atoms with E-state index in [9.17, 15) is 9.59 Å². The quantitative estimate of drug-likeness (QED) is 0.317. The minimum Gasteiger partial charge on any atom is -0.474 e. The molecular formula is C29H34Cl2N4O5. The summed E-state index contributed by atoms with van der Waals surface area (Å²) in [6, 6.07) is 7.22. The SMILES string of the molecule is CCOC(=O)c1cn(C2(C)CN(CCOC)C2)c2cc(N3CCC[C@@H]3COc3ncccc3Cl)c(Cl)cc2c1=O. The van der Waals surface area contributed by atoms with E-state index in [4.69, 9.17) is 37.4 Å². The number of hydrogen-bond acceptors (Lipinski definition) is 8. The van der Waals surface area contributed by atoms with Gasteiger partial charge >= 0.3 is 5.97 Å². The normalized spacial score (nSPS) is 18.6. The highest BCUT2D eigenvalue weighted by molar-refractivity contribution is 6.34. The number of rotatable bonds is 10. The highest BCUT2D eigenvalue weighted by atomic mass is 35.5. The van der Waals surface area contributed by atoms with Crippen molar-refractivity contribution >= 4 is 45.8 Å². The fourth-order valence-corrected chi connectivity index (χ4v) is 6.23. The Hall–Kier alpha value is -2.85. The highest BCUT2D eigenvalue weighted by Gasteiger charge is 2.41. The molecule has 0 saturated carbocycles. The first-order chi connectivity index (χ1) is 19.3. The molecule has 0 aliphatic carbocycles. The van der Waals surface area contributed by atoms with Gasteiger partial charge in [-0.3, -0.25) is 9.69 Å². The molecule has 3 aromatic rings. The van der Waals surface area contributed by atoms with E-state index < -0.39 is 5.97 Å². The third-order valence-corrected chi connectivity index (χ3v) is 8.30. The van der Waals surface area contributed by atoms with Gasteiger partial charge in [0.1, 0.15) is 17.2 Å². The van der Waals surface area contributed by atoms with Crippen LogP contribution in [0.2, 0.25) is 10.0 Å². The molecule has 5 rings (SSSR count). The fraction of sp³-hybridized carbons (Fsp3) is 0.483. The summed E-state index contributed by atoms with van der Waals surface area (Å²) in [5, 5.41) is 1.30. The van der Waals surface area contributed by atoms with Crippen LogP contribution in [0.15, 0.2) is 41.5 Å². The summed E-state index contributed by atoms with van der Waals surface area (Å²) < 4.78 is 18.5. The predicted octanol–water partition coefficient (Wildman–Crippen LogP) is 4.61. The van der Waals surface area contributed by atoms with Gasteiger partial charge in [0.25, 0.3) is 0 Å². The molecule has 0 radical (unpaired) electrons. The van der Waals surface area contributed by atoms with E-state index in [1.165, 1.54) is 0 Å². The largest absolute Gasteiger partial charge is 0.474 e. The van der Waals surface area contributed by atoms with Crippen molar-refractivity contribution in [2.24, 2.45) is 0 Å². The van der Waals surface area contributed by atoms with Gasteiger partial charge in [0.05, 0.1) is 41.0 Å². The summed E-state index contributed by atoms with van der Waals surface area (Å²) in [4.78, 5) is 35.0. The lowest BCUT2D eigenvalue weighted by molar-refractivity contribution is 0.0101. The second-order valence-corrected chi connectivity index (χ2v) is 11.4. The zero-order valence-electron chi connectivity index (χ0n) is 23.0. The van der Waals surface area contributed by atoms with Gasteiger partial charge in [0.2, 0.25) is 11.3 Å². The highest BCUT2D eigenvalue weighted by Crippen LogP contribution is 2.38. The maximum atomic E-state index is 13.5. The topological polar surface area (TPSA) is 86.1 Å². The van der Waals surface area contributed by atoms with Gasteiger partial charge < -0.3 is 23.7 Å². The summed E-state index contributed by atoms with van der Waals surface area (Å²) in [6.45, 7) is 8.17. The molecule has 2 aliphatic rings. The smallest absolute Gasteiger partial charge is 0.343 e. The Bertz CT molecular complexity index is 1460. The maximum Gasteiger partial charge on any atom is 0.343 e. The molecule has 11 heteroatoms. The van der Waals surface area contributed by atoms with Gasteiger partial charge in [0.15, 0.2) is 0 Å². The number of carbonyl (C=O) groups is 1. The first-order valence-corrected chi connectivity index (χ1v) is 14.3. The monoisotopic (exact) mass is 588 g/mol. The molecule has 9 nitrogen and oxygen atoms in total. The molecule has 2 fully saturated rings. The number of nitrogens with zero attached hydrogens (tertiary/aromatic N) is 4. The van der Waals surface area contributed by atoms with Crippen LogP contribution >= 0.6 is 23.2 Å². The van der Waals surface area contributed by atoms with Crippen LogP contribution in [0, 0.1) is 0 Å². The number of halogens is 2. The molecule has 0 amide bonds. The van der Waals surface area contributed by atoms with Crippen molar-refractivity contribution in [3.05, 3.63) is 62.5 Å². The number of aromatic nitrogens is 2. The molecule has 0 N–H and O–H groups in total. The lowest BCUT2D eigenvalue weighted by Crippen LogP contribution is -2.61. The Morgan fingerprint density at radius 1 is 1.23 bits per heavy atom. The van der Waals surface area contributed by atoms with Crippen LogP contribution in [0.4, 0.5) is 5.69 Å². The number of likely N-dealkylation sites (tertiary alicyclic amines) is 1. The van der Waals surface area contributed by atoms with Gasteiger partial charge in [0, 0.05) is 51.1 Å². The number of pyridine rings is 2. The third kappa shape index (κ3) is 5.52. The summed E-state index contributed by atoms with van der Waals surface area (Å²) in [5.41, 5.74) is 0.835. The van der Waals surface area contributed by atoms with E-state index in [0.717, 1.165) is 50.2 Å². The Balaban J connectivity index is 1.53. The number of anilines is 1. The minimum atomic E-state index is -0.632. The maximum absolute atomic E-state index is 13.5. The lowest BCUT2D eigenvalue weighted by atomic mass is 9.90. The van der Waals surface area contributed by atoms with Gasteiger partial charge in [-0.15, -0.1) is 0 Å². The molecule has 40 heavy (non-hydrogen) atoms. The van der Waals surface area contributed by atoms with Crippen LogP contribution in [-0.2, 0) is 15.0 Å². The van der Waals surface area contributed by atoms with E-state index >= 15 is 0 Å². The van der Waals surface area contributed by atoms with Gasteiger partial charge in [-0.05, 0) is 51.0 Å². The number of hydrogen-bond donors (Lipinski definition) is 0. The molecule has 0 unspecified atom stereocenters. The van der Waals surface area contributed by atoms with Crippen LogP contribution in [0.1, 0.15) is 37.0 Å². The number of fused-ring (bicyclic) bond motifs is 1. The molecule has 1 atom stereocenters. The fourth-order valence-electron chi connectivity index (χ4n) is 5.78. The van der Waals surface area contributed by atoms with E-state index in [-0.39, 0.29) is 29.2 Å². The molecule has 2 saturated heterocycles. The Kier molecular flexibility index (Phi) is 8.56. The van der Waals surface area contributed by atoms with E-state index in [1.54, 1.807) is 44.6 Å². The first-order valence-electron chi connectivity index (χ1n) is 13.5. The van der Waals surface area contributed by atoms with Crippen molar-refractivity contribution in [3.63, 3.8) is 0 Å². The average molecular weight is 590 g/mol.